The van der Waals surface area contributed by atoms with Gasteiger partial charge in [-0.2, -0.15) is 9.97 Å². The Morgan fingerprint density at radius 3 is 2.88 bits per heavy atom. The van der Waals surface area contributed by atoms with Gasteiger partial charge in [0.2, 0.25) is 0 Å². The molecule has 10 heteroatoms. The molecule has 0 spiro atoms. The highest BCUT2D eigenvalue weighted by Crippen LogP contribution is 2.41. The minimum Gasteiger partial charge on any atom is -0.508 e. The van der Waals surface area contributed by atoms with E-state index in [0.717, 1.165) is 19.4 Å². The number of amides is 1. The number of nitrogens with one attached hydrogen (secondary N) is 1. The second kappa shape index (κ2) is 10.5. The van der Waals surface area contributed by atoms with Crippen molar-refractivity contribution in [3.8, 4) is 11.8 Å². The Morgan fingerprint density at radius 1 is 1.25 bits per heavy atom. The van der Waals surface area contributed by atoms with Crippen LogP contribution < -0.4 is 19.9 Å². The van der Waals surface area contributed by atoms with Crippen molar-refractivity contribution < 1.29 is 23.8 Å². The van der Waals surface area contributed by atoms with Gasteiger partial charge in [0.25, 0.3) is 5.91 Å². The molecule has 6 rings (SSSR count). The van der Waals surface area contributed by atoms with Gasteiger partial charge < -0.3 is 29.7 Å². The maximum absolute atomic E-state index is 14.9. The fourth-order valence-electron chi connectivity index (χ4n) is 6.31. The summed E-state index contributed by atoms with van der Waals surface area (Å²) in [7, 11) is 0. The van der Waals surface area contributed by atoms with Gasteiger partial charge in [-0.25, -0.2) is 4.39 Å². The molecule has 2 saturated heterocycles. The summed E-state index contributed by atoms with van der Waals surface area (Å²) in [5, 5.41) is 15.4. The van der Waals surface area contributed by atoms with Gasteiger partial charge in [-0.15, -0.1) is 0 Å². The van der Waals surface area contributed by atoms with Crippen LogP contribution in [0.15, 0.2) is 24.3 Å². The second-order valence-electron chi connectivity index (χ2n) is 11.5. The number of hydrogen-bond donors (Lipinski definition) is 2. The van der Waals surface area contributed by atoms with Crippen molar-refractivity contribution in [3.63, 3.8) is 0 Å². The summed E-state index contributed by atoms with van der Waals surface area (Å²) in [6.45, 7) is 10.2. The van der Waals surface area contributed by atoms with Crippen LogP contribution in [0.5, 0.6) is 11.8 Å². The lowest BCUT2D eigenvalue weighted by Crippen LogP contribution is -2.42. The minimum absolute atomic E-state index is 0.00597. The fourth-order valence-corrected chi connectivity index (χ4v) is 6.31. The predicted octanol–water partition coefficient (Wildman–Crippen LogP) is 4.19. The van der Waals surface area contributed by atoms with Crippen molar-refractivity contribution in [1.82, 2.24) is 15.3 Å². The first-order valence-electron chi connectivity index (χ1n) is 14.1. The molecule has 2 atom stereocenters. The van der Waals surface area contributed by atoms with E-state index in [4.69, 9.17) is 19.4 Å². The summed E-state index contributed by atoms with van der Waals surface area (Å²) in [6.07, 6.45) is 2.24. The smallest absolute Gasteiger partial charge is 0.318 e. The van der Waals surface area contributed by atoms with Crippen molar-refractivity contribution >= 4 is 28.2 Å². The summed E-state index contributed by atoms with van der Waals surface area (Å²) in [6, 6.07) is 6.39. The van der Waals surface area contributed by atoms with Crippen LogP contribution in [0.4, 0.5) is 15.9 Å². The summed E-state index contributed by atoms with van der Waals surface area (Å²) >= 11 is 0. The Kier molecular flexibility index (Phi) is 7.00. The molecule has 2 fully saturated rings. The number of fused-ring (bicyclic) bond motifs is 2. The highest BCUT2D eigenvalue weighted by molar-refractivity contribution is 6.16. The SMILES string of the molecule is CCc1c(F)ccc2cc(O)cc(N3Cc4nc(OCC5(C)CC(C)CN5)nc(N5CCCOCC5)c4C3=O)c12. The number of aromatic nitrogens is 2. The van der Waals surface area contributed by atoms with Crippen molar-refractivity contribution in [2.45, 2.75) is 52.1 Å². The van der Waals surface area contributed by atoms with Crippen LogP contribution in [-0.4, -0.2) is 66.0 Å². The van der Waals surface area contributed by atoms with E-state index in [1.54, 1.807) is 17.0 Å². The summed E-state index contributed by atoms with van der Waals surface area (Å²) < 4.78 is 26.7. The quantitative estimate of drug-likeness (QED) is 0.472. The largest absolute Gasteiger partial charge is 0.508 e. The monoisotopic (exact) mass is 549 g/mol. The normalized spacial score (nSPS) is 23.1. The Balaban J connectivity index is 1.42. The maximum atomic E-state index is 14.9. The van der Waals surface area contributed by atoms with Gasteiger partial charge in [0, 0.05) is 31.1 Å². The standard InChI is InChI=1S/C30H36FN5O4/c1-4-21-22(31)7-6-19-12-20(37)13-24(25(19)21)36-16-23-26(28(36)38)27(35-8-5-10-39-11-9-35)34-29(33-23)40-17-30(3)14-18(2)15-32-30/h6-7,12-13,18,32,37H,4-5,8-11,14-17H2,1-3H3. The molecule has 2 unspecified atom stereocenters. The number of rotatable bonds is 6. The summed E-state index contributed by atoms with van der Waals surface area (Å²) in [5.74, 6) is 0.477. The van der Waals surface area contributed by atoms with Crippen molar-refractivity contribution in [2.24, 2.45) is 5.92 Å². The van der Waals surface area contributed by atoms with Crippen LogP contribution in [0.3, 0.4) is 0 Å². The van der Waals surface area contributed by atoms with Crippen LogP contribution in [-0.2, 0) is 17.7 Å². The van der Waals surface area contributed by atoms with Crippen LogP contribution in [0.2, 0.25) is 0 Å². The van der Waals surface area contributed by atoms with E-state index in [2.05, 4.69) is 24.1 Å². The molecule has 3 aliphatic rings. The molecule has 4 heterocycles. The molecular formula is C30H36FN5O4. The summed E-state index contributed by atoms with van der Waals surface area (Å²) in [5.41, 5.74) is 1.75. The molecule has 1 amide bonds. The third-order valence-corrected chi connectivity index (χ3v) is 8.21. The van der Waals surface area contributed by atoms with Gasteiger partial charge in [0.05, 0.1) is 30.1 Å². The molecular weight excluding hydrogens is 513 g/mol. The molecule has 2 N–H and O–H groups in total. The highest BCUT2D eigenvalue weighted by atomic mass is 19.1. The first-order chi connectivity index (χ1) is 19.3. The Bertz CT molecular complexity index is 1460. The summed E-state index contributed by atoms with van der Waals surface area (Å²) in [4.78, 5) is 27.2. The third kappa shape index (κ3) is 4.83. The van der Waals surface area contributed by atoms with Gasteiger partial charge in [-0.05, 0) is 61.7 Å². The van der Waals surface area contributed by atoms with Crippen molar-refractivity contribution in [2.75, 3.05) is 49.3 Å². The van der Waals surface area contributed by atoms with Crippen molar-refractivity contribution in [3.05, 3.63) is 46.9 Å². The topological polar surface area (TPSA) is 100 Å². The molecule has 9 nitrogen and oxygen atoms in total. The lowest BCUT2D eigenvalue weighted by Gasteiger charge is -2.26. The molecule has 1 aromatic heterocycles. The number of aromatic hydroxyl groups is 1. The van der Waals surface area contributed by atoms with E-state index in [0.29, 0.717) is 84.3 Å². The maximum Gasteiger partial charge on any atom is 0.318 e. The van der Waals surface area contributed by atoms with E-state index < -0.39 is 0 Å². The van der Waals surface area contributed by atoms with Crippen molar-refractivity contribution in [1.29, 1.82) is 0 Å². The average Bonchev–Trinajstić information content (AvgIpc) is 3.30. The number of aryl methyl sites for hydroxylation is 1. The zero-order valence-corrected chi connectivity index (χ0v) is 23.3. The second-order valence-corrected chi connectivity index (χ2v) is 11.5. The van der Waals surface area contributed by atoms with Gasteiger partial charge in [0.1, 0.15) is 29.6 Å². The first kappa shape index (κ1) is 26.7. The Morgan fingerprint density at radius 2 is 2.10 bits per heavy atom. The van der Waals surface area contributed by atoms with Crippen LogP contribution in [0.25, 0.3) is 10.8 Å². The van der Waals surface area contributed by atoms with Gasteiger partial charge in [-0.1, -0.05) is 19.9 Å². The van der Waals surface area contributed by atoms with E-state index in [1.165, 1.54) is 12.1 Å². The van der Waals surface area contributed by atoms with Gasteiger partial charge in [0.15, 0.2) is 0 Å². The molecule has 0 saturated carbocycles. The number of phenols is 1. The van der Waals surface area contributed by atoms with E-state index in [9.17, 15) is 14.3 Å². The molecule has 0 radical (unpaired) electrons. The molecule has 40 heavy (non-hydrogen) atoms. The molecule has 0 aliphatic carbocycles. The lowest BCUT2D eigenvalue weighted by molar-refractivity contribution is 0.0996. The molecule has 3 aromatic rings. The number of benzene rings is 2. The zero-order valence-electron chi connectivity index (χ0n) is 23.3. The zero-order chi connectivity index (χ0) is 28.0. The molecule has 212 valence electrons. The number of nitrogens with zero attached hydrogens (tertiary/aromatic N) is 4. The van der Waals surface area contributed by atoms with Crippen LogP contribution in [0.1, 0.15) is 55.2 Å². The van der Waals surface area contributed by atoms with E-state index in [1.807, 2.05) is 6.92 Å². The highest BCUT2D eigenvalue weighted by Gasteiger charge is 2.38. The van der Waals surface area contributed by atoms with E-state index >= 15 is 0 Å². The van der Waals surface area contributed by atoms with Crippen LogP contribution >= 0.6 is 0 Å². The van der Waals surface area contributed by atoms with Gasteiger partial charge in [-0.3, -0.25) is 4.79 Å². The Hall–Kier alpha value is -3.50. The molecule has 0 bridgehead atoms. The first-order valence-corrected chi connectivity index (χ1v) is 14.1. The molecule has 2 aromatic carbocycles. The number of phenolic OH excluding ortho intramolecular Hbond substituents is 1. The predicted molar refractivity (Wildman–Crippen MR) is 151 cm³/mol. The number of halogens is 1. The average molecular weight is 550 g/mol. The third-order valence-electron chi connectivity index (χ3n) is 8.21. The molecule has 3 aliphatic heterocycles. The Labute approximate surface area is 233 Å². The number of carbonyl (C=O) groups excluding carboxylic acids is 1. The van der Waals surface area contributed by atoms with E-state index in [-0.39, 0.29) is 35.6 Å². The number of hydrogen-bond acceptors (Lipinski definition) is 8. The fraction of sp³-hybridized carbons (Fsp3) is 0.500. The van der Waals surface area contributed by atoms with Crippen LogP contribution in [0, 0.1) is 11.7 Å². The number of anilines is 2. The number of ether oxygens (including phenoxy) is 2. The number of carbonyl (C=O) groups is 1. The van der Waals surface area contributed by atoms with Gasteiger partial charge >= 0.3 is 6.01 Å². The minimum atomic E-state index is -0.338. The lowest BCUT2D eigenvalue weighted by atomic mass is 9.97.